The Bertz CT molecular complexity index is 768. The largest absolute Gasteiger partial charge is 0.398 e. The molecule has 0 radical (unpaired) electrons. The number of rotatable bonds is 2. The van der Waals surface area contributed by atoms with Crippen molar-refractivity contribution in [3.05, 3.63) is 56.5 Å². The summed E-state index contributed by atoms with van der Waals surface area (Å²) in [4.78, 5) is 12.3. The average Bonchev–Trinajstić information content (AvgIpc) is 2.44. The molecule has 2 rings (SSSR count). The summed E-state index contributed by atoms with van der Waals surface area (Å²) >= 11 is 9.17. The molecule has 0 heterocycles. The van der Waals surface area contributed by atoms with Crippen molar-refractivity contribution in [2.45, 2.75) is 6.92 Å². The maximum atomic E-state index is 12.3. The third-order valence-corrected chi connectivity index (χ3v) is 3.79. The molecule has 0 saturated heterocycles. The van der Waals surface area contributed by atoms with Crippen LogP contribution in [0, 0.1) is 18.3 Å². The van der Waals surface area contributed by atoms with Crippen LogP contribution in [0.1, 0.15) is 21.5 Å². The van der Waals surface area contributed by atoms with Crippen LogP contribution in [0.3, 0.4) is 0 Å². The molecule has 1 amide bonds. The van der Waals surface area contributed by atoms with Crippen LogP contribution < -0.4 is 11.1 Å². The fourth-order valence-corrected chi connectivity index (χ4v) is 2.46. The highest BCUT2D eigenvalue weighted by Gasteiger charge is 2.13. The summed E-state index contributed by atoms with van der Waals surface area (Å²) < 4.78 is 0.726. The maximum Gasteiger partial charge on any atom is 0.256 e. The minimum absolute atomic E-state index is 0.299. The van der Waals surface area contributed by atoms with Crippen LogP contribution in [-0.4, -0.2) is 5.91 Å². The Hall–Kier alpha value is -2.03. The molecule has 21 heavy (non-hydrogen) atoms. The molecule has 106 valence electrons. The monoisotopic (exact) mass is 363 g/mol. The molecule has 4 nitrogen and oxygen atoms in total. The fourth-order valence-electron chi connectivity index (χ4n) is 1.82. The number of hydrogen-bond donors (Lipinski definition) is 2. The molecule has 0 aromatic heterocycles. The summed E-state index contributed by atoms with van der Waals surface area (Å²) in [5.41, 5.74) is 8.35. The van der Waals surface area contributed by atoms with Gasteiger partial charge in [-0.3, -0.25) is 4.79 Å². The Labute approximate surface area is 135 Å². The number of halogens is 2. The Morgan fingerprint density at radius 2 is 2.10 bits per heavy atom. The summed E-state index contributed by atoms with van der Waals surface area (Å²) in [6.45, 7) is 1.78. The highest BCUT2D eigenvalue weighted by Crippen LogP contribution is 2.25. The second-order valence-corrected chi connectivity index (χ2v) is 5.75. The Morgan fingerprint density at radius 3 is 2.76 bits per heavy atom. The first-order valence-electron chi connectivity index (χ1n) is 5.99. The molecule has 0 aliphatic heterocycles. The summed E-state index contributed by atoms with van der Waals surface area (Å²) in [6.07, 6.45) is 0. The predicted molar refractivity (Wildman–Crippen MR) is 87.4 cm³/mol. The van der Waals surface area contributed by atoms with E-state index in [0.717, 1.165) is 4.47 Å². The number of nitriles is 1. The normalized spacial score (nSPS) is 10.0. The summed E-state index contributed by atoms with van der Waals surface area (Å²) in [5, 5.41) is 12.0. The molecular weight excluding hydrogens is 354 g/mol. The third kappa shape index (κ3) is 3.35. The molecule has 0 atom stereocenters. The van der Waals surface area contributed by atoms with Crippen LogP contribution in [0.5, 0.6) is 0 Å². The van der Waals surface area contributed by atoms with E-state index in [1.807, 2.05) is 6.07 Å². The number of nitrogens with one attached hydrogen (secondary N) is 1. The number of benzene rings is 2. The quantitative estimate of drug-likeness (QED) is 0.787. The minimum atomic E-state index is -0.299. The zero-order chi connectivity index (χ0) is 15.6. The molecule has 0 spiro atoms. The third-order valence-electron chi connectivity index (χ3n) is 3.00. The highest BCUT2D eigenvalue weighted by atomic mass is 79.9. The lowest BCUT2D eigenvalue weighted by molar-refractivity contribution is 0.102. The highest BCUT2D eigenvalue weighted by molar-refractivity contribution is 9.10. The molecule has 3 N–H and O–H groups in total. The minimum Gasteiger partial charge on any atom is -0.398 e. The van der Waals surface area contributed by atoms with Gasteiger partial charge in [0.2, 0.25) is 0 Å². The second-order valence-electron chi connectivity index (χ2n) is 4.43. The Morgan fingerprint density at radius 1 is 1.38 bits per heavy atom. The van der Waals surface area contributed by atoms with E-state index in [-0.39, 0.29) is 5.91 Å². The molecule has 0 aliphatic rings. The van der Waals surface area contributed by atoms with Crippen molar-refractivity contribution in [1.29, 1.82) is 5.26 Å². The number of carbonyl (C=O) groups is 1. The van der Waals surface area contributed by atoms with Gasteiger partial charge in [-0.15, -0.1) is 0 Å². The standard InChI is InChI=1S/C15H11BrClN3O/c1-8-12(5-10(16)6-14(8)19)15(21)20-11-2-3-13(17)9(4-11)7-18/h2-6H,19H2,1H3,(H,20,21). The molecular formula is C15H11BrClN3O. The average molecular weight is 365 g/mol. The number of carbonyl (C=O) groups excluding carboxylic acids is 1. The van der Waals surface area contributed by atoms with Crippen molar-refractivity contribution in [3.8, 4) is 6.07 Å². The molecule has 6 heteroatoms. The van der Waals surface area contributed by atoms with Gasteiger partial charge < -0.3 is 11.1 Å². The molecule has 0 unspecified atom stereocenters. The van der Waals surface area contributed by atoms with Crippen molar-refractivity contribution >= 4 is 44.8 Å². The summed E-state index contributed by atoms with van der Waals surface area (Å²) in [7, 11) is 0. The van der Waals surface area contributed by atoms with Crippen LogP contribution >= 0.6 is 27.5 Å². The van der Waals surface area contributed by atoms with Crippen molar-refractivity contribution in [2.24, 2.45) is 0 Å². The van der Waals surface area contributed by atoms with Gasteiger partial charge in [0.1, 0.15) is 6.07 Å². The van der Waals surface area contributed by atoms with Crippen molar-refractivity contribution < 1.29 is 4.79 Å². The van der Waals surface area contributed by atoms with E-state index in [4.69, 9.17) is 22.6 Å². The summed E-state index contributed by atoms with van der Waals surface area (Å²) in [6, 6.07) is 10.1. The molecule has 0 bridgehead atoms. The van der Waals surface area contributed by atoms with Crippen LogP contribution in [0.15, 0.2) is 34.8 Å². The van der Waals surface area contributed by atoms with Gasteiger partial charge in [0.15, 0.2) is 0 Å². The van der Waals surface area contributed by atoms with Crippen molar-refractivity contribution in [2.75, 3.05) is 11.1 Å². The Balaban J connectivity index is 2.33. The Kier molecular flexibility index (Phi) is 4.51. The van der Waals surface area contributed by atoms with Crippen LogP contribution in [0.25, 0.3) is 0 Å². The number of amides is 1. The number of nitrogens with two attached hydrogens (primary N) is 1. The van der Waals surface area contributed by atoms with Crippen molar-refractivity contribution in [1.82, 2.24) is 0 Å². The van der Waals surface area contributed by atoms with E-state index in [2.05, 4.69) is 21.2 Å². The van der Waals surface area contributed by atoms with Crippen molar-refractivity contribution in [3.63, 3.8) is 0 Å². The zero-order valence-electron chi connectivity index (χ0n) is 11.1. The molecule has 2 aromatic rings. The lowest BCUT2D eigenvalue weighted by atomic mass is 10.1. The zero-order valence-corrected chi connectivity index (χ0v) is 13.4. The van der Waals surface area contributed by atoms with Crippen LogP contribution in [0.4, 0.5) is 11.4 Å². The summed E-state index contributed by atoms with van der Waals surface area (Å²) in [5.74, 6) is -0.299. The van der Waals surface area contributed by atoms with E-state index in [1.165, 1.54) is 6.07 Å². The van der Waals surface area contributed by atoms with Gasteiger partial charge in [0.25, 0.3) is 5.91 Å². The molecule has 0 fully saturated rings. The molecule has 2 aromatic carbocycles. The maximum absolute atomic E-state index is 12.3. The van der Waals surface area contributed by atoms with Gasteiger partial charge in [-0.1, -0.05) is 27.5 Å². The SMILES string of the molecule is Cc1c(N)cc(Br)cc1C(=O)Nc1ccc(Cl)c(C#N)c1. The smallest absolute Gasteiger partial charge is 0.256 e. The number of anilines is 2. The first kappa shape index (κ1) is 15.4. The van der Waals surface area contributed by atoms with Gasteiger partial charge in [-0.2, -0.15) is 5.26 Å². The van der Waals surface area contributed by atoms with Gasteiger partial charge in [-0.25, -0.2) is 0 Å². The first-order chi connectivity index (χ1) is 9.92. The van der Waals surface area contributed by atoms with Crippen LogP contribution in [-0.2, 0) is 0 Å². The number of nitrogen functional groups attached to an aromatic ring is 1. The molecule has 0 aliphatic carbocycles. The van der Waals surface area contributed by atoms with E-state index in [9.17, 15) is 4.79 Å². The van der Waals surface area contributed by atoms with E-state index < -0.39 is 0 Å². The lowest BCUT2D eigenvalue weighted by Gasteiger charge is -2.11. The topological polar surface area (TPSA) is 78.9 Å². The lowest BCUT2D eigenvalue weighted by Crippen LogP contribution is -2.14. The predicted octanol–water partition coefficient (Wildman–Crippen LogP) is 4.12. The van der Waals surface area contributed by atoms with Gasteiger partial charge in [0.05, 0.1) is 10.6 Å². The first-order valence-corrected chi connectivity index (χ1v) is 7.16. The fraction of sp³-hybridized carbons (Fsp3) is 0.0667. The number of hydrogen-bond acceptors (Lipinski definition) is 3. The van der Waals surface area contributed by atoms with Gasteiger partial charge >= 0.3 is 0 Å². The number of nitrogens with zero attached hydrogens (tertiary/aromatic N) is 1. The van der Waals surface area contributed by atoms with E-state index >= 15 is 0 Å². The van der Waals surface area contributed by atoms with E-state index in [1.54, 1.807) is 31.2 Å². The van der Waals surface area contributed by atoms with Gasteiger partial charge in [0, 0.05) is 21.4 Å². The van der Waals surface area contributed by atoms with E-state index in [0.29, 0.717) is 33.1 Å². The van der Waals surface area contributed by atoms with Gasteiger partial charge in [-0.05, 0) is 42.8 Å². The molecule has 0 saturated carbocycles. The van der Waals surface area contributed by atoms with Crippen LogP contribution in [0.2, 0.25) is 5.02 Å². The second kappa shape index (κ2) is 6.17.